The van der Waals surface area contributed by atoms with E-state index in [1.54, 1.807) is 0 Å². The van der Waals surface area contributed by atoms with Crippen LogP contribution in [0.3, 0.4) is 0 Å². The number of aliphatic imine (C=N–C) groups is 1. The van der Waals surface area contributed by atoms with Gasteiger partial charge in [-0.15, -0.1) is 24.0 Å². The van der Waals surface area contributed by atoms with Gasteiger partial charge in [-0.05, 0) is 6.42 Å². The minimum atomic E-state index is 0. The molecular weight excluding hydrogens is 355 g/mol. The summed E-state index contributed by atoms with van der Waals surface area (Å²) in [4.78, 5) is 8.66. The second-order valence-corrected chi connectivity index (χ2v) is 4.64. The Morgan fingerprint density at radius 1 is 1.11 bits per heavy atom. The molecule has 0 bridgehead atoms. The molecule has 0 aliphatic rings. The monoisotopic (exact) mass is 380 g/mol. The molecule has 5 nitrogen and oxygen atoms in total. The van der Waals surface area contributed by atoms with Crippen LogP contribution in [-0.4, -0.2) is 49.1 Å². The quantitative estimate of drug-likeness (QED) is 0.457. The standard InChI is InChI=1S/C13H24N4O.HI/c1-7-11-10(12(8-2)18-15-11)9-14-13(16(3)4)17(5)6;/h7-9H2,1-6H3;1H. The third kappa shape index (κ3) is 4.67. The zero-order chi connectivity index (χ0) is 13.7. The normalized spacial score (nSPS) is 9.79. The molecule has 0 amide bonds. The maximum Gasteiger partial charge on any atom is 0.195 e. The van der Waals surface area contributed by atoms with Gasteiger partial charge in [0.05, 0.1) is 12.2 Å². The first-order valence-corrected chi connectivity index (χ1v) is 6.36. The molecule has 1 aromatic rings. The third-order valence-electron chi connectivity index (χ3n) is 2.79. The van der Waals surface area contributed by atoms with E-state index in [0.29, 0.717) is 6.54 Å². The van der Waals surface area contributed by atoms with Crippen LogP contribution in [0.5, 0.6) is 0 Å². The molecule has 0 saturated carbocycles. The topological polar surface area (TPSA) is 44.9 Å². The molecule has 6 heteroatoms. The molecule has 1 aromatic heterocycles. The smallest absolute Gasteiger partial charge is 0.195 e. The molecule has 0 unspecified atom stereocenters. The number of nitrogens with zero attached hydrogens (tertiary/aromatic N) is 4. The van der Waals surface area contributed by atoms with Gasteiger partial charge in [-0.1, -0.05) is 19.0 Å². The highest BCUT2D eigenvalue weighted by atomic mass is 127. The lowest BCUT2D eigenvalue weighted by atomic mass is 10.1. The first kappa shape index (κ1) is 18.2. The van der Waals surface area contributed by atoms with Gasteiger partial charge in [0.2, 0.25) is 0 Å². The average molecular weight is 380 g/mol. The summed E-state index contributed by atoms with van der Waals surface area (Å²) in [6.45, 7) is 4.79. The zero-order valence-electron chi connectivity index (χ0n) is 12.7. The number of rotatable bonds is 4. The van der Waals surface area contributed by atoms with Crippen LogP contribution >= 0.6 is 24.0 Å². The molecule has 0 saturated heterocycles. The predicted octanol–water partition coefficient (Wildman–Crippen LogP) is 2.40. The van der Waals surface area contributed by atoms with Gasteiger partial charge in [-0.2, -0.15) is 0 Å². The largest absolute Gasteiger partial charge is 0.361 e. The molecule has 0 aliphatic heterocycles. The summed E-state index contributed by atoms with van der Waals surface area (Å²) in [6, 6.07) is 0. The summed E-state index contributed by atoms with van der Waals surface area (Å²) in [7, 11) is 7.98. The van der Waals surface area contributed by atoms with E-state index >= 15 is 0 Å². The number of aryl methyl sites for hydroxylation is 2. The van der Waals surface area contributed by atoms with Crippen LogP contribution in [0.25, 0.3) is 0 Å². The summed E-state index contributed by atoms with van der Waals surface area (Å²) in [5.41, 5.74) is 2.16. The highest BCUT2D eigenvalue weighted by Gasteiger charge is 2.13. The van der Waals surface area contributed by atoms with Crippen molar-refractivity contribution in [2.75, 3.05) is 28.2 Å². The van der Waals surface area contributed by atoms with Crippen LogP contribution in [0.1, 0.15) is 30.9 Å². The third-order valence-corrected chi connectivity index (χ3v) is 2.79. The van der Waals surface area contributed by atoms with E-state index in [9.17, 15) is 0 Å². The molecule has 19 heavy (non-hydrogen) atoms. The molecule has 1 rings (SSSR count). The Bertz CT molecular complexity index is 381. The van der Waals surface area contributed by atoms with Crippen LogP contribution in [-0.2, 0) is 19.4 Å². The lowest BCUT2D eigenvalue weighted by Gasteiger charge is -2.22. The molecule has 0 atom stereocenters. The number of hydrogen-bond acceptors (Lipinski definition) is 3. The number of guanidine groups is 1. The molecule has 0 N–H and O–H groups in total. The Hall–Kier alpha value is -0.790. The molecule has 0 spiro atoms. The van der Waals surface area contributed by atoms with Crippen LogP contribution in [0.4, 0.5) is 0 Å². The van der Waals surface area contributed by atoms with Crippen LogP contribution < -0.4 is 0 Å². The van der Waals surface area contributed by atoms with E-state index in [2.05, 4.69) is 24.0 Å². The van der Waals surface area contributed by atoms with Gasteiger partial charge in [0.25, 0.3) is 0 Å². The van der Waals surface area contributed by atoms with Crippen molar-refractivity contribution in [3.05, 3.63) is 17.0 Å². The summed E-state index contributed by atoms with van der Waals surface area (Å²) in [6.07, 6.45) is 1.74. The minimum absolute atomic E-state index is 0. The lowest BCUT2D eigenvalue weighted by molar-refractivity contribution is 0.380. The van der Waals surface area contributed by atoms with Gasteiger partial charge in [0.15, 0.2) is 5.96 Å². The fourth-order valence-electron chi connectivity index (χ4n) is 1.95. The number of halogens is 1. The Kier molecular flexibility index (Phi) is 8.05. The molecular formula is C13H25IN4O. The zero-order valence-corrected chi connectivity index (χ0v) is 15.1. The van der Waals surface area contributed by atoms with Crippen molar-refractivity contribution in [3.8, 4) is 0 Å². The van der Waals surface area contributed by atoms with Crippen molar-refractivity contribution in [2.24, 2.45) is 4.99 Å². The maximum absolute atomic E-state index is 5.34. The van der Waals surface area contributed by atoms with Crippen molar-refractivity contribution in [3.63, 3.8) is 0 Å². The Morgan fingerprint density at radius 2 is 1.68 bits per heavy atom. The summed E-state index contributed by atoms with van der Waals surface area (Å²) in [5.74, 6) is 1.90. The SMILES string of the molecule is CCc1noc(CC)c1CN=C(N(C)C)N(C)C.I. The van der Waals surface area contributed by atoms with E-state index in [1.807, 2.05) is 38.0 Å². The van der Waals surface area contributed by atoms with E-state index in [4.69, 9.17) is 4.52 Å². The van der Waals surface area contributed by atoms with Gasteiger partial charge in [-0.25, -0.2) is 4.99 Å². The van der Waals surface area contributed by atoms with Crippen LogP contribution in [0.15, 0.2) is 9.52 Å². The fourth-order valence-corrected chi connectivity index (χ4v) is 1.95. The van der Waals surface area contributed by atoms with Crippen molar-refractivity contribution in [2.45, 2.75) is 33.2 Å². The van der Waals surface area contributed by atoms with E-state index in [1.165, 1.54) is 0 Å². The van der Waals surface area contributed by atoms with E-state index in [-0.39, 0.29) is 24.0 Å². The Morgan fingerprint density at radius 3 is 2.11 bits per heavy atom. The van der Waals surface area contributed by atoms with E-state index < -0.39 is 0 Å². The molecule has 0 aliphatic carbocycles. The highest BCUT2D eigenvalue weighted by molar-refractivity contribution is 14.0. The van der Waals surface area contributed by atoms with Crippen molar-refractivity contribution < 1.29 is 4.52 Å². The highest BCUT2D eigenvalue weighted by Crippen LogP contribution is 2.17. The molecule has 110 valence electrons. The van der Waals surface area contributed by atoms with Crippen molar-refractivity contribution in [1.29, 1.82) is 0 Å². The van der Waals surface area contributed by atoms with Crippen LogP contribution in [0.2, 0.25) is 0 Å². The fraction of sp³-hybridized carbons (Fsp3) is 0.692. The molecule has 1 heterocycles. The Labute approximate surface area is 133 Å². The van der Waals surface area contributed by atoms with Gasteiger partial charge < -0.3 is 14.3 Å². The molecule has 0 fully saturated rings. The average Bonchev–Trinajstić information content (AvgIpc) is 2.70. The summed E-state index contributed by atoms with van der Waals surface area (Å²) >= 11 is 0. The van der Waals surface area contributed by atoms with E-state index in [0.717, 1.165) is 35.8 Å². The van der Waals surface area contributed by atoms with Gasteiger partial charge in [-0.3, -0.25) is 0 Å². The first-order chi connectivity index (χ1) is 8.51. The lowest BCUT2D eigenvalue weighted by Crippen LogP contribution is -2.35. The van der Waals surface area contributed by atoms with Crippen LogP contribution in [0, 0.1) is 0 Å². The Balaban J connectivity index is 0.00000324. The van der Waals surface area contributed by atoms with Gasteiger partial charge in [0, 0.05) is 40.2 Å². The predicted molar refractivity (Wildman–Crippen MR) is 89.2 cm³/mol. The van der Waals surface area contributed by atoms with Gasteiger partial charge in [0.1, 0.15) is 5.76 Å². The molecule has 0 aromatic carbocycles. The number of aromatic nitrogens is 1. The second kappa shape index (κ2) is 8.39. The first-order valence-electron chi connectivity index (χ1n) is 6.36. The second-order valence-electron chi connectivity index (χ2n) is 4.64. The summed E-state index contributed by atoms with van der Waals surface area (Å²) < 4.78 is 5.34. The maximum atomic E-state index is 5.34. The minimum Gasteiger partial charge on any atom is -0.361 e. The van der Waals surface area contributed by atoms with Gasteiger partial charge >= 0.3 is 0 Å². The number of hydrogen-bond donors (Lipinski definition) is 0. The van der Waals surface area contributed by atoms with Crippen molar-refractivity contribution >= 4 is 29.9 Å². The van der Waals surface area contributed by atoms with Crippen molar-refractivity contribution in [1.82, 2.24) is 15.0 Å². The molecule has 0 radical (unpaired) electrons. The summed E-state index contributed by atoms with van der Waals surface area (Å²) in [5, 5.41) is 4.10.